The summed E-state index contributed by atoms with van der Waals surface area (Å²) < 4.78 is 0. The van der Waals surface area contributed by atoms with Gasteiger partial charge in [-0.15, -0.1) is 0 Å². The van der Waals surface area contributed by atoms with Crippen molar-refractivity contribution < 1.29 is 16.5 Å². The zero-order valence-corrected chi connectivity index (χ0v) is 14.7. The average Bonchev–Trinajstić information content (AvgIpc) is 0. The van der Waals surface area contributed by atoms with E-state index in [0.29, 0.717) is 0 Å². The van der Waals surface area contributed by atoms with Crippen LogP contribution in [0, 0.1) is 0 Å². The third-order valence-corrected chi connectivity index (χ3v) is 0. The van der Waals surface area contributed by atoms with Crippen LogP contribution in [0.3, 0.4) is 0 Å². The maximum absolute atomic E-state index is 0. The Balaban J connectivity index is 0. The van der Waals surface area contributed by atoms with Gasteiger partial charge in [-0.05, 0) is 0 Å². The van der Waals surface area contributed by atoms with Gasteiger partial charge in [0.05, 0.1) is 0 Å². The molecule has 0 aromatic heterocycles. The van der Waals surface area contributed by atoms with Crippen LogP contribution in [-0.2, 0) is 16.5 Å². The predicted octanol–water partition coefficient (Wildman–Crippen LogP) is -1.53. The fourth-order valence-corrected chi connectivity index (χ4v) is 0. The zero-order chi connectivity index (χ0) is 0. The molecule has 0 spiro atoms. The van der Waals surface area contributed by atoms with Crippen molar-refractivity contribution in [1.29, 1.82) is 0 Å². The maximum Gasteiger partial charge on any atom is 0 e. The van der Waals surface area contributed by atoms with Crippen LogP contribution in [0.4, 0.5) is 0 Å². The first-order valence-electron chi connectivity index (χ1n) is 0. The van der Waals surface area contributed by atoms with Crippen molar-refractivity contribution in [2.24, 2.45) is 0 Å². The van der Waals surface area contributed by atoms with Crippen LogP contribution >= 0.6 is 0 Å². The summed E-state index contributed by atoms with van der Waals surface area (Å²) >= 11 is 0. The quantitative estimate of drug-likeness (QED) is 0.332. The van der Waals surface area contributed by atoms with E-state index in [2.05, 4.69) is 0 Å². The molecule has 0 aliphatic heterocycles. The molecule has 0 aromatic carbocycles. The molecule has 0 heterocycles. The second kappa shape index (κ2) is 25.3. The third kappa shape index (κ3) is 18.3. The van der Waals surface area contributed by atoms with Crippen molar-refractivity contribution in [3.63, 3.8) is 0 Å². The van der Waals surface area contributed by atoms with Crippen LogP contribution in [0.15, 0.2) is 0 Å². The summed E-state index contributed by atoms with van der Waals surface area (Å²) in [6.45, 7) is 0. The minimum absolute atomic E-state index is 0. The minimum atomic E-state index is 0. The largest absolute Gasteiger partial charge is 0 e. The molecule has 5 heteroatoms. The summed E-state index contributed by atoms with van der Waals surface area (Å²) in [5.74, 6) is 0. The Morgan fingerprint density at radius 1 is 0.400 bits per heavy atom. The van der Waals surface area contributed by atoms with Crippen molar-refractivity contribution >= 4 is 95.6 Å². The van der Waals surface area contributed by atoms with Gasteiger partial charge in [-0.1, -0.05) is 0 Å². The molecule has 16 radical (unpaired) electrons. The molecule has 0 saturated heterocycles. The Bertz CT molecular complexity index is 3.61. The van der Waals surface area contributed by atoms with Crippen molar-refractivity contribution in [2.75, 3.05) is 0 Å². The van der Waals surface area contributed by atoms with Gasteiger partial charge in [-0.3, -0.25) is 0 Å². The monoisotopic (exact) mass is 538 g/mol. The van der Waals surface area contributed by atoms with E-state index in [9.17, 15) is 0 Å². The Morgan fingerprint density at radius 2 is 0.400 bits per heavy atom. The Labute approximate surface area is 110 Å². The summed E-state index contributed by atoms with van der Waals surface area (Å²) in [6.07, 6.45) is 0. The van der Waals surface area contributed by atoms with E-state index in [1.165, 1.54) is 0 Å². The fourth-order valence-electron chi connectivity index (χ4n) is 0. The average molecular weight is 534 g/mol. The predicted molar refractivity (Wildman–Crippen MR) is 23.0 cm³/mol. The smallest absolute Gasteiger partial charge is 0 e. The molecule has 0 aromatic rings. The first-order valence-corrected chi connectivity index (χ1v) is 0. The van der Waals surface area contributed by atoms with E-state index >= 15 is 0 Å². The summed E-state index contributed by atoms with van der Waals surface area (Å²) in [5, 5.41) is 0. The number of hydrogen-bond acceptors (Lipinski definition) is 0. The van der Waals surface area contributed by atoms with Crippen LogP contribution in [-0.4, -0.2) is 95.6 Å². The van der Waals surface area contributed by atoms with Gasteiger partial charge in [-0.25, -0.2) is 0 Å². The van der Waals surface area contributed by atoms with E-state index < -0.39 is 0 Å². The normalized spacial score (nSPS) is 0. The molecule has 0 bridgehead atoms. The molecule has 0 N–H and O–H groups in total. The van der Waals surface area contributed by atoms with Gasteiger partial charge in [0.15, 0.2) is 0 Å². The second-order valence-electron chi connectivity index (χ2n) is 0. The van der Waals surface area contributed by atoms with Crippen molar-refractivity contribution in [3.8, 4) is 0 Å². The minimum Gasteiger partial charge on any atom is 0 e. The Kier molecular flexibility index (Phi) is 191. The molecule has 0 atom stereocenters. The zero-order valence-electron chi connectivity index (χ0n) is 2.32. The standard InChI is InChI=1S/Ni.4Sn. The van der Waals surface area contributed by atoms with Crippen molar-refractivity contribution in [3.05, 3.63) is 0 Å². The molecular weight excluding hydrogens is 534 g/mol. The first kappa shape index (κ1) is 37.8. The van der Waals surface area contributed by atoms with E-state index in [4.69, 9.17) is 0 Å². The van der Waals surface area contributed by atoms with Crippen molar-refractivity contribution in [1.82, 2.24) is 0 Å². The summed E-state index contributed by atoms with van der Waals surface area (Å²) in [5.41, 5.74) is 0. The molecule has 0 aliphatic carbocycles. The van der Waals surface area contributed by atoms with Gasteiger partial charge >= 0.3 is 0 Å². The van der Waals surface area contributed by atoms with Crippen molar-refractivity contribution in [2.45, 2.75) is 0 Å². The molecule has 0 aliphatic rings. The van der Waals surface area contributed by atoms with Gasteiger partial charge in [0.2, 0.25) is 0 Å². The molecule has 5 heavy (non-hydrogen) atoms. The van der Waals surface area contributed by atoms with Crippen LogP contribution in [0.1, 0.15) is 0 Å². The Hall–Kier alpha value is 3.69. The topological polar surface area (TPSA) is 0 Å². The van der Waals surface area contributed by atoms with Gasteiger partial charge in [0, 0.05) is 112 Å². The fraction of sp³-hybridized carbons (Fsp3) is 0. The summed E-state index contributed by atoms with van der Waals surface area (Å²) in [4.78, 5) is 0. The van der Waals surface area contributed by atoms with E-state index in [1.807, 2.05) is 0 Å². The van der Waals surface area contributed by atoms with Crippen LogP contribution in [0.5, 0.6) is 0 Å². The van der Waals surface area contributed by atoms with E-state index in [1.54, 1.807) is 0 Å². The van der Waals surface area contributed by atoms with Gasteiger partial charge in [-0.2, -0.15) is 0 Å². The maximum atomic E-state index is 0. The third-order valence-electron chi connectivity index (χ3n) is 0. The number of rotatable bonds is 0. The van der Waals surface area contributed by atoms with Crippen LogP contribution in [0.25, 0.3) is 0 Å². The molecular formula is NiSn4. The summed E-state index contributed by atoms with van der Waals surface area (Å²) in [6, 6.07) is 0. The molecule has 0 unspecified atom stereocenters. The van der Waals surface area contributed by atoms with Gasteiger partial charge in [0.25, 0.3) is 0 Å². The summed E-state index contributed by atoms with van der Waals surface area (Å²) in [7, 11) is 0. The molecule has 0 fully saturated rings. The number of hydrogen-bond donors (Lipinski definition) is 0. The van der Waals surface area contributed by atoms with E-state index in [-0.39, 0.29) is 112 Å². The molecule has 0 saturated carbocycles. The van der Waals surface area contributed by atoms with Gasteiger partial charge in [0.1, 0.15) is 0 Å². The molecule has 0 amide bonds. The molecule has 0 rings (SSSR count). The van der Waals surface area contributed by atoms with Crippen LogP contribution < -0.4 is 0 Å². The van der Waals surface area contributed by atoms with Gasteiger partial charge < -0.3 is 0 Å². The first-order chi connectivity index (χ1) is 0. The second-order valence-corrected chi connectivity index (χ2v) is 0. The molecule has 26 valence electrons. The molecule has 0 nitrogen and oxygen atoms in total. The van der Waals surface area contributed by atoms with E-state index in [0.717, 1.165) is 0 Å². The SMILES string of the molecule is [Ni].[Sn].[Sn].[Sn].[Sn]. The Morgan fingerprint density at radius 3 is 0.400 bits per heavy atom. The van der Waals surface area contributed by atoms with Crippen LogP contribution in [0.2, 0.25) is 0 Å².